The van der Waals surface area contributed by atoms with Crippen LogP contribution in [0.1, 0.15) is 47.0 Å². The topological polar surface area (TPSA) is 60.7 Å². The van der Waals surface area contributed by atoms with Crippen LogP contribution in [0, 0.1) is 22.7 Å². The molecule has 0 radical (unpaired) electrons. The van der Waals surface area contributed by atoms with Gasteiger partial charge in [0.25, 0.3) is 0 Å². The molecule has 3 nitrogen and oxygen atoms in total. The largest absolute Gasteiger partial charge is 0.512 e. The van der Waals surface area contributed by atoms with Crippen LogP contribution in [0.25, 0.3) is 0 Å². The fourth-order valence-corrected chi connectivity index (χ4v) is 5.17. The standard InChI is InChI=1S/C15H24O3/c1-8-10(16)7-15(18)6-9-5-13(2,3)12(17)11(9)14(8,15)4/h9,11-12,16-18H,5-7H2,1-4H3/t9-,11+,12-,14+,15-/m1/s1. The van der Waals surface area contributed by atoms with Crippen molar-refractivity contribution >= 4 is 0 Å². The second-order valence-corrected chi connectivity index (χ2v) is 7.61. The first-order chi connectivity index (χ1) is 8.13. The van der Waals surface area contributed by atoms with Crippen molar-refractivity contribution in [1.29, 1.82) is 0 Å². The summed E-state index contributed by atoms with van der Waals surface area (Å²) in [7, 11) is 0. The molecule has 0 aromatic rings. The second kappa shape index (κ2) is 3.13. The van der Waals surface area contributed by atoms with Crippen molar-refractivity contribution in [3.8, 4) is 0 Å². The average molecular weight is 252 g/mol. The Morgan fingerprint density at radius 3 is 2.39 bits per heavy atom. The van der Waals surface area contributed by atoms with Crippen molar-refractivity contribution in [2.75, 3.05) is 0 Å². The Kier molecular flexibility index (Phi) is 2.17. The van der Waals surface area contributed by atoms with Gasteiger partial charge >= 0.3 is 0 Å². The maximum atomic E-state index is 10.9. The molecule has 0 bridgehead atoms. The number of aliphatic hydroxyl groups is 3. The molecular formula is C15H24O3. The molecule has 0 saturated heterocycles. The molecule has 102 valence electrons. The number of hydrogen-bond acceptors (Lipinski definition) is 3. The third-order valence-electron chi connectivity index (χ3n) is 6.34. The highest BCUT2D eigenvalue weighted by Crippen LogP contribution is 2.69. The molecule has 3 aliphatic rings. The summed E-state index contributed by atoms with van der Waals surface area (Å²) < 4.78 is 0. The minimum absolute atomic E-state index is 0.0714. The second-order valence-electron chi connectivity index (χ2n) is 7.61. The van der Waals surface area contributed by atoms with Crippen LogP contribution in [0.4, 0.5) is 0 Å². The van der Waals surface area contributed by atoms with Crippen molar-refractivity contribution in [2.45, 2.75) is 58.7 Å². The molecule has 0 aliphatic heterocycles. The molecule has 0 amide bonds. The summed E-state index contributed by atoms with van der Waals surface area (Å²) in [6.45, 7) is 8.15. The molecule has 3 heteroatoms. The van der Waals surface area contributed by atoms with Crippen molar-refractivity contribution in [3.05, 3.63) is 11.3 Å². The molecule has 18 heavy (non-hydrogen) atoms. The summed E-state index contributed by atoms with van der Waals surface area (Å²) in [4.78, 5) is 0. The van der Waals surface area contributed by atoms with Crippen molar-refractivity contribution in [3.63, 3.8) is 0 Å². The molecule has 0 spiro atoms. The molecule has 0 aromatic heterocycles. The van der Waals surface area contributed by atoms with Gasteiger partial charge in [0.15, 0.2) is 0 Å². The fraction of sp³-hybridized carbons (Fsp3) is 0.867. The van der Waals surface area contributed by atoms with Gasteiger partial charge in [-0.1, -0.05) is 20.8 Å². The van der Waals surface area contributed by atoms with Gasteiger partial charge in [-0.25, -0.2) is 0 Å². The van der Waals surface area contributed by atoms with Crippen LogP contribution in [0.15, 0.2) is 11.3 Å². The van der Waals surface area contributed by atoms with Gasteiger partial charge < -0.3 is 15.3 Å². The molecule has 0 unspecified atom stereocenters. The van der Waals surface area contributed by atoms with Crippen LogP contribution in [-0.2, 0) is 0 Å². The molecule has 0 heterocycles. The Balaban J connectivity index is 2.10. The summed E-state index contributed by atoms with van der Waals surface area (Å²) in [6.07, 6.45) is 1.62. The Morgan fingerprint density at radius 1 is 1.17 bits per heavy atom. The van der Waals surface area contributed by atoms with E-state index < -0.39 is 17.1 Å². The quantitative estimate of drug-likeness (QED) is 0.620. The first-order valence-corrected chi connectivity index (χ1v) is 6.93. The van der Waals surface area contributed by atoms with Crippen LogP contribution >= 0.6 is 0 Å². The van der Waals surface area contributed by atoms with E-state index in [9.17, 15) is 15.3 Å². The molecular weight excluding hydrogens is 228 g/mol. The van der Waals surface area contributed by atoms with Gasteiger partial charge in [0.1, 0.15) is 0 Å². The first kappa shape index (κ1) is 12.5. The van der Waals surface area contributed by atoms with Crippen LogP contribution in [0.2, 0.25) is 0 Å². The van der Waals surface area contributed by atoms with Gasteiger partial charge in [0.05, 0.1) is 17.5 Å². The van der Waals surface area contributed by atoms with Crippen LogP contribution in [0.3, 0.4) is 0 Å². The lowest BCUT2D eigenvalue weighted by atomic mass is 9.66. The summed E-state index contributed by atoms with van der Waals surface area (Å²) in [6, 6.07) is 0. The number of rotatable bonds is 0. The Hall–Kier alpha value is -0.540. The SMILES string of the molecule is CC1=C(O)C[C@]2(O)C[C@H]3CC(C)(C)[C@H](O)[C@H]3[C@]12C. The highest BCUT2D eigenvalue weighted by molar-refractivity contribution is 5.36. The zero-order valence-electron chi connectivity index (χ0n) is 11.7. The van der Waals surface area contributed by atoms with Gasteiger partial charge in [-0.3, -0.25) is 0 Å². The van der Waals surface area contributed by atoms with Crippen LogP contribution < -0.4 is 0 Å². The lowest BCUT2D eigenvalue weighted by Gasteiger charge is -2.42. The Labute approximate surface area is 109 Å². The lowest BCUT2D eigenvalue weighted by molar-refractivity contribution is -0.0729. The summed E-state index contributed by atoms with van der Waals surface area (Å²) in [5, 5.41) is 31.6. The van der Waals surface area contributed by atoms with Gasteiger partial charge in [0.2, 0.25) is 0 Å². The van der Waals surface area contributed by atoms with E-state index in [-0.39, 0.29) is 11.3 Å². The molecule has 5 atom stereocenters. The van der Waals surface area contributed by atoms with E-state index in [0.29, 0.717) is 24.5 Å². The predicted octanol–water partition coefficient (Wildman–Crippen LogP) is 2.39. The number of fused-ring (bicyclic) bond motifs is 3. The average Bonchev–Trinajstić information content (AvgIpc) is 2.64. The number of hydrogen-bond donors (Lipinski definition) is 3. The lowest BCUT2D eigenvalue weighted by Crippen LogP contribution is -2.47. The molecule has 0 aromatic carbocycles. The Morgan fingerprint density at radius 2 is 1.78 bits per heavy atom. The monoisotopic (exact) mass is 252 g/mol. The summed E-state index contributed by atoms with van der Waals surface area (Å²) >= 11 is 0. The van der Waals surface area contributed by atoms with Crippen LogP contribution in [-0.4, -0.2) is 27.0 Å². The maximum absolute atomic E-state index is 10.9. The van der Waals surface area contributed by atoms with Crippen LogP contribution in [0.5, 0.6) is 0 Å². The maximum Gasteiger partial charge on any atom is 0.0947 e. The highest BCUT2D eigenvalue weighted by atomic mass is 16.3. The van der Waals surface area contributed by atoms with Gasteiger partial charge in [-0.2, -0.15) is 0 Å². The first-order valence-electron chi connectivity index (χ1n) is 6.93. The van der Waals surface area contributed by atoms with Crippen molar-refractivity contribution < 1.29 is 15.3 Å². The molecule has 2 saturated carbocycles. The van der Waals surface area contributed by atoms with E-state index >= 15 is 0 Å². The van der Waals surface area contributed by atoms with E-state index in [0.717, 1.165) is 12.0 Å². The van der Waals surface area contributed by atoms with E-state index in [4.69, 9.17) is 0 Å². The fourth-order valence-electron chi connectivity index (χ4n) is 5.17. The van der Waals surface area contributed by atoms with Crippen molar-refractivity contribution in [2.24, 2.45) is 22.7 Å². The van der Waals surface area contributed by atoms with Gasteiger partial charge in [-0.05, 0) is 36.7 Å². The smallest absolute Gasteiger partial charge is 0.0947 e. The summed E-state index contributed by atoms with van der Waals surface area (Å²) in [5.74, 6) is 0.769. The van der Waals surface area contributed by atoms with E-state index in [1.54, 1.807) is 0 Å². The van der Waals surface area contributed by atoms with Gasteiger partial charge in [0, 0.05) is 17.8 Å². The van der Waals surface area contributed by atoms with E-state index in [1.165, 1.54) is 0 Å². The minimum atomic E-state index is -0.853. The normalized spacial score (nSPS) is 53.8. The minimum Gasteiger partial charge on any atom is -0.512 e. The zero-order chi connectivity index (χ0) is 13.5. The number of aliphatic hydroxyl groups excluding tert-OH is 2. The van der Waals surface area contributed by atoms with E-state index in [2.05, 4.69) is 13.8 Å². The summed E-state index contributed by atoms with van der Waals surface area (Å²) in [5.41, 5.74) is -0.518. The van der Waals surface area contributed by atoms with Crippen molar-refractivity contribution in [1.82, 2.24) is 0 Å². The van der Waals surface area contributed by atoms with E-state index in [1.807, 2.05) is 13.8 Å². The molecule has 2 fully saturated rings. The third kappa shape index (κ3) is 1.13. The molecule has 3 rings (SSSR count). The zero-order valence-corrected chi connectivity index (χ0v) is 11.7. The highest BCUT2D eigenvalue weighted by Gasteiger charge is 2.70. The Bertz CT molecular complexity index is 439. The molecule has 3 N–H and O–H groups in total. The predicted molar refractivity (Wildman–Crippen MR) is 69.0 cm³/mol. The molecule has 3 aliphatic carbocycles. The van der Waals surface area contributed by atoms with Gasteiger partial charge in [-0.15, -0.1) is 0 Å². The third-order valence-corrected chi connectivity index (χ3v) is 6.34.